The summed E-state index contributed by atoms with van der Waals surface area (Å²) in [7, 11) is 0. The molecule has 2 aromatic rings. The van der Waals surface area contributed by atoms with E-state index in [1.165, 1.54) is 16.7 Å². The van der Waals surface area contributed by atoms with Gasteiger partial charge in [0.2, 0.25) is 0 Å². The van der Waals surface area contributed by atoms with E-state index in [-0.39, 0.29) is 24.8 Å². The van der Waals surface area contributed by atoms with Gasteiger partial charge in [-0.3, -0.25) is 0 Å². The van der Waals surface area contributed by atoms with Gasteiger partial charge in [0.1, 0.15) is 0 Å². The van der Waals surface area contributed by atoms with Crippen LogP contribution in [0.1, 0.15) is 22.6 Å². The van der Waals surface area contributed by atoms with E-state index in [4.69, 9.17) is 0 Å². The zero-order chi connectivity index (χ0) is 11.7. The van der Waals surface area contributed by atoms with Crippen molar-refractivity contribution in [2.45, 2.75) is 12.3 Å². The molecule has 0 bridgehead atoms. The van der Waals surface area contributed by atoms with Crippen molar-refractivity contribution in [3.05, 3.63) is 74.6 Å². The first kappa shape index (κ1) is 16.7. The molecule has 0 nitrogen and oxygen atoms in total. The number of allylic oxidation sites excluding steroid dienone is 1. The molecule has 1 atom stereocenters. The molecule has 0 aromatic heterocycles. The summed E-state index contributed by atoms with van der Waals surface area (Å²) in [6, 6.07) is 19.6. The molecule has 0 radical (unpaired) electrons. The second-order valence-corrected chi connectivity index (χ2v) is 5.89. The van der Waals surface area contributed by atoms with Gasteiger partial charge < -0.3 is 24.8 Å². The van der Waals surface area contributed by atoms with Crippen LogP contribution in [-0.2, 0) is 31.1 Å². The maximum absolute atomic E-state index is 2.36. The Morgan fingerprint density at radius 3 is 2.21 bits per heavy atom. The van der Waals surface area contributed by atoms with E-state index in [2.05, 4.69) is 60.7 Å². The van der Waals surface area contributed by atoms with E-state index >= 15 is 0 Å². The Balaban J connectivity index is 0.000000902. The van der Waals surface area contributed by atoms with Gasteiger partial charge in [0.15, 0.2) is 0 Å². The van der Waals surface area contributed by atoms with Crippen LogP contribution >= 0.6 is 0 Å². The van der Waals surface area contributed by atoms with E-state index in [1.54, 1.807) is 28.0 Å². The van der Waals surface area contributed by atoms with Crippen molar-refractivity contribution in [3.63, 3.8) is 0 Å². The third-order valence-corrected chi connectivity index (χ3v) is 4.55. The second kappa shape index (κ2) is 7.43. The van der Waals surface area contributed by atoms with Crippen LogP contribution in [0.4, 0.5) is 0 Å². The van der Waals surface area contributed by atoms with Crippen LogP contribution in [0.5, 0.6) is 0 Å². The summed E-state index contributed by atoms with van der Waals surface area (Å²) < 4.78 is 1.57. The predicted molar refractivity (Wildman–Crippen MR) is 67.3 cm³/mol. The molecule has 0 heterocycles. The standard InChI is InChI=1S/C16H13.2ClH.Zr/c1-2-6-13(7-3-1)12-15-11-10-14-8-4-5-9-16(14)15;;;/h1-10,15H,12H2;2*1H;/q;;;+2/p-2. The molecule has 1 aliphatic carbocycles. The Kier molecular flexibility index (Phi) is 6.53. The SMILES string of the molecule is [Cl-].[Cl-].[Zr+2][C]1=Cc2ccccc2C1Cc1ccccc1. The summed E-state index contributed by atoms with van der Waals surface area (Å²) in [5, 5.41) is 0. The summed E-state index contributed by atoms with van der Waals surface area (Å²) in [6.45, 7) is 0. The van der Waals surface area contributed by atoms with Crippen molar-refractivity contribution >= 4 is 6.08 Å². The molecule has 95 valence electrons. The summed E-state index contributed by atoms with van der Waals surface area (Å²) in [5.74, 6) is 0.604. The molecule has 0 fully saturated rings. The molecule has 0 saturated carbocycles. The van der Waals surface area contributed by atoms with Gasteiger partial charge in [0.05, 0.1) is 0 Å². The molecule has 0 N–H and O–H groups in total. The van der Waals surface area contributed by atoms with Crippen LogP contribution < -0.4 is 24.8 Å². The first-order valence-electron chi connectivity index (χ1n) is 5.90. The number of benzene rings is 2. The molecule has 0 spiro atoms. The molecule has 19 heavy (non-hydrogen) atoms. The Morgan fingerprint density at radius 1 is 0.842 bits per heavy atom. The van der Waals surface area contributed by atoms with Crippen molar-refractivity contribution in [1.82, 2.24) is 0 Å². The molecule has 0 amide bonds. The number of hydrogen-bond donors (Lipinski definition) is 0. The Labute approximate surface area is 142 Å². The van der Waals surface area contributed by atoms with Gasteiger partial charge in [-0.2, -0.15) is 0 Å². The zero-order valence-corrected chi connectivity index (χ0v) is 14.3. The van der Waals surface area contributed by atoms with Crippen molar-refractivity contribution in [3.8, 4) is 0 Å². The van der Waals surface area contributed by atoms with E-state index in [1.807, 2.05) is 0 Å². The van der Waals surface area contributed by atoms with Crippen molar-refractivity contribution in [2.24, 2.45) is 0 Å². The van der Waals surface area contributed by atoms with Gasteiger partial charge in [0, 0.05) is 0 Å². The van der Waals surface area contributed by atoms with Crippen molar-refractivity contribution in [1.29, 1.82) is 0 Å². The fraction of sp³-hybridized carbons (Fsp3) is 0.125. The third kappa shape index (κ3) is 3.60. The summed E-state index contributed by atoms with van der Waals surface area (Å²) in [6.07, 6.45) is 3.50. The number of rotatable bonds is 2. The minimum atomic E-state index is 0. The Bertz CT molecular complexity index is 564. The van der Waals surface area contributed by atoms with Crippen LogP contribution in [0.25, 0.3) is 6.08 Å². The molecule has 3 rings (SSSR count). The van der Waals surface area contributed by atoms with Crippen LogP contribution in [0, 0.1) is 0 Å². The molecule has 2 aromatic carbocycles. The van der Waals surface area contributed by atoms with E-state index in [9.17, 15) is 0 Å². The fourth-order valence-corrected chi connectivity index (χ4v) is 3.48. The molecule has 3 heteroatoms. The minimum absolute atomic E-state index is 0. The van der Waals surface area contributed by atoms with Crippen molar-refractivity contribution < 1.29 is 49.5 Å². The number of fused-ring (bicyclic) bond motifs is 1. The normalized spacial score (nSPS) is 15.9. The molecule has 1 unspecified atom stereocenters. The maximum atomic E-state index is 2.36. The Hall–Kier alpha value is -0.357. The van der Waals surface area contributed by atoms with Gasteiger partial charge >= 0.3 is 118 Å². The van der Waals surface area contributed by atoms with E-state index in [0.717, 1.165) is 6.42 Å². The Morgan fingerprint density at radius 2 is 1.47 bits per heavy atom. The first-order valence-corrected chi connectivity index (χ1v) is 7.13. The van der Waals surface area contributed by atoms with Crippen LogP contribution in [0.15, 0.2) is 57.9 Å². The van der Waals surface area contributed by atoms with Gasteiger partial charge in [-0.25, -0.2) is 0 Å². The third-order valence-electron chi connectivity index (χ3n) is 3.34. The summed E-state index contributed by atoms with van der Waals surface area (Å²) in [5.41, 5.74) is 4.35. The van der Waals surface area contributed by atoms with Crippen molar-refractivity contribution in [2.75, 3.05) is 0 Å². The molecular weight excluding hydrogens is 354 g/mol. The predicted octanol–water partition coefficient (Wildman–Crippen LogP) is -2.08. The molecule has 1 aliphatic rings. The average Bonchev–Trinajstić information content (AvgIpc) is 2.68. The van der Waals surface area contributed by atoms with E-state index in [0.29, 0.717) is 5.92 Å². The van der Waals surface area contributed by atoms with Crippen LogP contribution in [0.2, 0.25) is 0 Å². The zero-order valence-electron chi connectivity index (χ0n) is 10.3. The topological polar surface area (TPSA) is 0 Å². The quantitative estimate of drug-likeness (QED) is 0.572. The summed E-state index contributed by atoms with van der Waals surface area (Å²) in [4.78, 5) is 0. The fourth-order valence-electron chi connectivity index (χ4n) is 2.47. The number of halogens is 2. The second-order valence-electron chi connectivity index (χ2n) is 4.47. The van der Waals surface area contributed by atoms with Crippen LogP contribution in [-0.4, -0.2) is 0 Å². The number of hydrogen-bond acceptors (Lipinski definition) is 0. The molecule has 0 saturated heterocycles. The first-order chi connectivity index (χ1) is 8.34. The molecule has 0 aliphatic heterocycles. The van der Waals surface area contributed by atoms with Gasteiger partial charge in [-0.1, -0.05) is 0 Å². The molecular formula is C16H13Cl2Zr. The monoisotopic (exact) mass is 365 g/mol. The van der Waals surface area contributed by atoms with Gasteiger partial charge in [0.25, 0.3) is 0 Å². The van der Waals surface area contributed by atoms with E-state index < -0.39 is 0 Å². The summed E-state index contributed by atoms with van der Waals surface area (Å²) >= 11 is 1.54. The average molecular weight is 367 g/mol. The van der Waals surface area contributed by atoms with Crippen LogP contribution in [0.3, 0.4) is 0 Å². The van der Waals surface area contributed by atoms with Gasteiger partial charge in [-0.05, 0) is 0 Å². The van der Waals surface area contributed by atoms with Gasteiger partial charge in [-0.15, -0.1) is 0 Å².